The Labute approximate surface area is 177 Å². The third-order valence-electron chi connectivity index (χ3n) is 6.62. The first-order chi connectivity index (χ1) is 14.4. The summed E-state index contributed by atoms with van der Waals surface area (Å²) in [6.07, 6.45) is 9.12. The van der Waals surface area contributed by atoms with E-state index < -0.39 is 30.1 Å². The molecule has 1 spiro atoms. The maximum atomic E-state index is 12.4. The van der Waals surface area contributed by atoms with Gasteiger partial charge in [-0.15, -0.1) is 0 Å². The van der Waals surface area contributed by atoms with Crippen LogP contribution in [0, 0.1) is 5.92 Å². The van der Waals surface area contributed by atoms with Crippen LogP contribution in [0.4, 0.5) is 0 Å². The summed E-state index contributed by atoms with van der Waals surface area (Å²) in [5.41, 5.74) is 0.204. The monoisotopic (exact) mass is 419 g/mol. The number of aliphatic hydroxyl groups is 1. The van der Waals surface area contributed by atoms with Crippen LogP contribution in [0.1, 0.15) is 59.3 Å². The first-order valence-corrected chi connectivity index (χ1v) is 11.2. The van der Waals surface area contributed by atoms with Crippen LogP contribution in [0.25, 0.3) is 0 Å². The number of ketones is 1. The molecule has 4 fully saturated rings. The van der Waals surface area contributed by atoms with Crippen molar-refractivity contribution in [3.8, 4) is 0 Å². The molecule has 30 heavy (non-hydrogen) atoms. The number of fused-ring (bicyclic) bond motifs is 4. The highest BCUT2D eigenvalue weighted by molar-refractivity contribution is 5.94. The number of epoxide rings is 2. The largest absolute Gasteiger partial charge is 0.366 e. The molecule has 0 bridgehead atoms. The zero-order valence-corrected chi connectivity index (χ0v) is 18.0. The van der Waals surface area contributed by atoms with Gasteiger partial charge in [0.25, 0.3) is 0 Å². The van der Waals surface area contributed by atoms with E-state index in [1.165, 1.54) is 31.8 Å². The molecule has 0 aromatic carbocycles. The van der Waals surface area contributed by atoms with E-state index in [0.29, 0.717) is 12.3 Å². The Morgan fingerprint density at radius 2 is 1.93 bits per heavy atom. The van der Waals surface area contributed by atoms with Crippen molar-refractivity contribution in [2.45, 2.75) is 102 Å². The fourth-order valence-corrected chi connectivity index (χ4v) is 4.93. The van der Waals surface area contributed by atoms with Gasteiger partial charge in [0.15, 0.2) is 12.1 Å². The van der Waals surface area contributed by atoms with Crippen LogP contribution in [0.5, 0.6) is 0 Å². The van der Waals surface area contributed by atoms with Crippen molar-refractivity contribution in [1.82, 2.24) is 5.32 Å². The molecular weight excluding hydrogens is 386 g/mol. The fraction of sp³-hybridized carbons (Fsp3) is 0.739. The lowest BCUT2D eigenvalue weighted by atomic mass is 9.81. The first-order valence-electron chi connectivity index (χ1n) is 11.2. The van der Waals surface area contributed by atoms with Crippen LogP contribution in [-0.4, -0.2) is 59.1 Å². The van der Waals surface area contributed by atoms with E-state index >= 15 is 0 Å². The molecule has 0 aromatic heterocycles. The van der Waals surface area contributed by atoms with Crippen LogP contribution in [-0.2, 0) is 23.8 Å². The summed E-state index contributed by atoms with van der Waals surface area (Å²) >= 11 is 0. The minimum atomic E-state index is -1.15. The Kier molecular flexibility index (Phi) is 6.17. The molecule has 2 N–H and O–H groups in total. The van der Waals surface area contributed by atoms with Gasteiger partial charge in [0, 0.05) is 12.5 Å². The SMILES string of the molecule is CCCCCC[C@@H](C)C=C(C)C=CC(=O)N[C@H]1CC2(O[C@H]1O)[C@@H]1O[C@@H]1C(=O)[C@@H]1O[C@@H]12. The summed E-state index contributed by atoms with van der Waals surface area (Å²) in [5.74, 6) is 0.161. The fourth-order valence-electron chi connectivity index (χ4n) is 4.93. The number of aliphatic hydroxyl groups excluding tert-OH is 1. The molecule has 4 rings (SSSR count). The molecule has 3 heterocycles. The van der Waals surface area contributed by atoms with Crippen molar-refractivity contribution in [2.24, 2.45) is 5.92 Å². The van der Waals surface area contributed by atoms with Gasteiger partial charge < -0.3 is 24.6 Å². The second-order valence-corrected chi connectivity index (χ2v) is 9.21. The van der Waals surface area contributed by atoms with Crippen LogP contribution >= 0.6 is 0 Å². The van der Waals surface area contributed by atoms with E-state index in [2.05, 4.69) is 25.2 Å². The summed E-state index contributed by atoms with van der Waals surface area (Å²) in [4.78, 5) is 24.3. The first kappa shape index (κ1) is 21.7. The summed E-state index contributed by atoms with van der Waals surface area (Å²) < 4.78 is 16.8. The predicted molar refractivity (Wildman–Crippen MR) is 110 cm³/mol. The number of carbonyl (C=O) groups excluding carboxylic acids is 2. The highest BCUT2D eigenvalue weighted by atomic mass is 16.7. The van der Waals surface area contributed by atoms with Crippen LogP contribution in [0.2, 0.25) is 0 Å². The van der Waals surface area contributed by atoms with Gasteiger partial charge in [0.05, 0.1) is 6.04 Å². The van der Waals surface area contributed by atoms with Crippen molar-refractivity contribution >= 4 is 11.7 Å². The average Bonchev–Trinajstić information content (AvgIpc) is 3.60. The van der Waals surface area contributed by atoms with Crippen molar-refractivity contribution in [1.29, 1.82) is 0 Å². The number of ether oxygens (including phenoxy) is 3. The lowest BCUT2D eigenvalue weighted by Gasteiger charge is -2.26. The molecular formula is C23H33NO6. The topological polar surface area (TPSA) is 101 Å². The molecule has 0 radical (unpaired) electrons. The van der Waals surface area contributed by atoms with Gasteiger partial charge in [-0.25, -0.2) is 0 Å². The number of hydrogen-bond donors (Lipinski definition) is 2. The zero-order chi connectivity index (χ0) is 21.5. The van der Waals surface area contributed by atoms with Gasteiger partial charge in [-0.1, -0.05) is 57.3 Å². The summed E-state index contributed by atoms with van der Waals surface area (Å²) in [7, 11) is 0. The second kappa shape index (κ2) is 8.54. The number of hydrogen-bond acceptors (Lipinski definition) is 6. The number of allylic oxidation sites excluding steroid dienone is 3. The average molecular weight is 420 g/mol. The Hall–Kier alpha value is -1.54. The highest BCUT2D eigenvalue weighted by Crippen LogP contribution is 2.57. The third-order valence-corrected chi connectivity index (χ3v) is 6.62. The number of carbonyl (C=O) groups is 2. The maximum Gasteiger partial charge on any atom is 0.244 e. The Morgan fingerprint density at radius 3 is 2.60 bits per heavy atom. The van der Waals surface area contributed by atoms with E-state index in [0.717, 1.165) is 12.0 Å². The van der Waals surface area contributed by atoms with Gasteiger partial charge in [-0.3, -0.25) is 9.59 Å². The molecule has 166 valence electrons. The molecule has 7 nitrogen and oxygen atoms in total. The molecule has 1 unspecified atom stereocenters. The zero-order valence-electron chi connectivity index (χ0n) is 18.0. The smallest absolute Gasteiger partial charge is 0.244 e. The normalized spacial score (nSPS) is 40.4. The highest BCUT2D eigenvalue weighted by Gasteiger charge is 2.79. The van der Waals surface area contributed by atoms with E-state index in [9.17, 15) is 14.7 Å². The summed E-state index contributed by atoms with van der Waals surface area (Å²) in [5, 5.41) is 13.2. The van der Waals surface area contributed by atoms with Gasteiger partial charge in [0.1, 0.15) is 30.0 Å². The van der Waals surface area contributed by atoms with Crippen molar-refractivity contribution in [3.63, 3.8) is 0 Å². The van der Waals surface area contributed by atoms with Gasteiger partial charge >= 0.3 is 0 Å². The minimum absolute atomic E-state index is 0.0361. The lowest BCUT2D eigenvalue weighted by Crippen LogP contribution is -2.49. The van der Waals surface area contributed by atoms with Gasteiger partial charge in [0.2, 0.25) is 5.91 Å². The predicted octanol–water partition coefficient (Wildman–Crippen LogP) is 2.18. The Balaban J connectivity index is 1.26. The number of Topliss-reactive ketones (excluding diaryl/α,β-unsaturated/α-hetero) is 1. The molecule has 1 saturated carbocycles. The number of nitrogens with one attached hydrogen (secondary N) is 1. The molecule has 3 saturated heterocycles. The number of amides is 1. The molecule has 0 aromatic rings. The number of unbranched alkanes of at least 4 members (excludes halogenated alkanes) is 3. The van der Waals surface area contributed by atoms with E-state index in [1.807, 2.05) is 6.92 Å². The third kappa shape index (κ3) is 4.26. The van der Waals surface area contributed by atoms with Crippen LogP contribution < -0.4 is 5.32 Å². The molecule has 7 heteroatoms. The van der Waals surface area contributed by atoms with Gasteiger partial charge in [-0.05, 0) is 19.3 Å². The quantitative estimate of drug-likeness (QED) is 0.257. The molecule has 4 aliphatic rings. The van der Waals surface area contributed by atoms with Crippen molar-refractivity contribution < 1.29 is 28.9 Å². The lowest BCUT2D eigenvalue weighted by molar-refractivity contribution is -0.159. The Morgan fingerprint density at radius 1 is 1.23 bits per heavy atom. The molecule has 1 aliphatic carbocycles. The summed E-state index contributed by atoms with van der Waals surface area (Å²) in [6.45, 7) is 6.40. The molecule has 3 aliphatic heterocycles. The minimum Gasteiger partial charge on any atom is -0.366 e. The summed E-state index contributed by atoms with van der Waals surface area (Å²) in [6, 6.07) is -0.563. The van der Waals surface area contributed by atoms with E-state index in [-0.39, 0.29) is 23.9 Å². The Bertz CT molecular complexity index is 726. The molecule has 8 atom stereocenters. The standard InChI is InChI=1S/C23H33NO6/c1-4-5-6-7-8-13(2)11-14(3)9-10-16(25)24-15-12-23(30-22(15)27)20-18(28-20)17(26)19-21(23)29-19/h9-11,13,15,18-22,27H,4-8,12H2,1-3H3,(H,24,25)/t13-,15+,18-,19+,20-,21+,22-,23?/m1/s1. The van der Waals surface area contributed by atoms with Crippen molar-refractivity contribution in [2.75, 3.05) is 0 Å². The maximum absolute atomic E-state index is 12.4. The van der Waals surface area contributed by atoms with Crippen LogP contribution in [0.15, 0.2) is 23.8 Å². The second-order valence-electron chi connectivity index (χ2n) is 9.21. The van der Waals surface area contributed by atoms with Crippen LogP contribution in [0.3, 0.4) is 0 Å². The van der Waals surface area contributed by atoms with E-state index in [1.54, 1.807) is 6.08 Å². The van der Waals surface area contributed by atoms with E-state index in [4.69, 9.17) is 14.2 Å². The molecule has 1 amide bonds. The number of rotatable bonds is 9. The van der Waals surface area contributed by atoms with Gasteiger partial charge in [-0.2, -0.15) is 0 Å². The van der Waals surface area contributed by atoms with Crippen molar-refractivity contribution in [3.05, 3.63) is 23.8 Å².